The van der Waals surface area contributed by atoms with Gasteiger partial charge in [-0.1, -0.05) is 31.6 Å². The summed E-state index contributed by atoms with van der Waals surface area (Å²) in [6.07, 6.45) is 5.72. The van der Waals surface area contributed by atoms with Gasteiger partial charge in [0, 0.05) is 25.2 Å². The SMILES string of the molecule is CC(C)CN1CC=C(c2ccc(O)c3c2CC2CC4C(C(=O)C2=C3O)C(=C2CC2)C(C(N)=O)=C(O)[C@H]4N(C)C)CC1. The van der Waals surface area contributed by atoms with E-state index in [1.54, 1.807) is 6.07 Å². The Balaban J connectivity index is 1.45. The number of phenols is 1. The number of hydrogen-bond acceptors (Lipinski definition) is 7. The highest BCUT2D eigenvalue weighted by molar-refractivity contribution is 6.10. The fourth-order valence-corrected chi connectivity index (χ4v) is 7.99. The van der Waals surface area contributed by atoms with Crippen LogP contribution in [0.25, 0.3) is 11.3 Å². The predicted molar refractivity (Wildman–Crippen MR) is 158 cm³/mol. The van der Waals surface area contributed by atoms with Gasteiger partial charge in [0.05, 0.1) is 23.1 Å². The largest absolute Gasteiger partial charge is 0.510 e. The summed E-state index contributed by atoms with van der Waals surface area (Å²) < 4.78 is 0. The van der Waals surface area contributed by atoms with Crippen LogP contribution in [0.1, 0.15) is 56.2 Å². The average Bonchev–Trinajstić information content (AvgIpc) is 3.73. The number of primary amides is 1. The Kier molecular flexibility index (Phi) is 6.90. The number of benzene rings is 1. The standard InChI is InChI=1S/C33H41N3O5/c1-16(2)15-36-11-9-17(10-12-36)20-7-8-23(37)26-21(20)13-19-14-22-27(31(39)25(19)30(26)38)24(18-5-6-18)28(33(34)41)32(40)29(22)35(3)4/h7-9,16,19,22,27,29,37-38,40H,5-6,10-15H2,1-4H3,(H2,34,41)/t19?,22?,27?,29-/m0/s1. The van der Waals surface area contributed by atoms with Gasteiger partial charge in [0.1, 0.15) is 17.3 Å². The second kappa shape index (κ2) is 10.2. The molecule has 4 atom stereocenters. The number of allylic oxidation sites excluding steroid dienone is 2. The van der Waals surface area contributed by atoms with Gasteiger partial charge in [0.15, 0.2) is 5.78 Å². The van der Waals surface area contributed by atoms with Crippen molar-refractivity contribution in [3.63, 3.8) is 0 Å². The van der Waals surface area contributed by atoms with Crippen molar-refractivity contribution in [1.29, 1.82) is 0 Å². The molecule has 1 aromatic rings. The molecule has 0 radical (unpaired) electrons. The molecule has 0 spiro atoms. The second-order valence-corrected chi connectivity index (χ2v) is 13.1. The first kappa shape index (κ1) is 27.8. The van der Waals surface area contributed by atoms with Gasteiger partial charge >= 0.3 is 0 Å². The van der Waals surface area contributed by atoms with Crippen LogP contribution in [0.5, 0.6) is 5.75 Å². The number of amides is 1. The lowest BCUT2D eigenvalue weighted by Gasteiger charge is -2.48. The summed E-state index contributed by atoms with van der Waals surface area (Å²) in [5, 5.41) is 34.0. The molecule has 0 saturated heterocycles. The van der Waals surface area contributed by atoms with Gasteiger partial charge in [0.2, 0.25) is 0 Å². The highest BCUT2D eigenvalue weighted by Gasteiger charge is 2.55. The fraction of sp³-hybridized carbons (Fsp3) is 0.515. The molecule has 1 amide bonds. The van der Waals surface area contributed by atoms with E-state index >= 15 is 0 Å². The molecule has 5 aliphatic rings. The van der Waals surface area contributed by atoms with Crippen molar-refractivity contribution in [1.82, 2.24) is 9.80 Å². The number of fused-ring (bicyclic) bond motifs is 3. The van der Waals surface area contributed by atoms with Gasteiger partial charge in [-0.05, 0) is 92.3 Å². The summed E-state index contributed by atoms with van der Waals surface area (Å²) in [5.74, 6) is -1.84. The number of Topliss-reactive ketones (excluding diaryl/α,β-unsaturated/α-hetero) is 1. The Bertz CT molecular complexity index is 1460. The molecule has 1 aromatic carbocycles. The number of nitrogens with two attached hydrogens (primary N) is 1. The molecule has 8 nitrogen and oxygen atoms in total. The van der Waals surface area contributed by atoms with Crippen LogP contribution in [-0.2, 0) is 16.0 Å². The Morgan fingerprint density at radius 1 is 1.12 bits per heavy atom. The first-order chi connectivity index (χ1) is 19.5. The number of aromatic hydroxyl groups is 1. The van der Waals surface area contributed by atoms with Crippen molar-refractivity contribution in [2.75, 3.05) is 33.7 Å². The summed E-state index contributed by atoms with van der Waals surface area (Å²) in [4.78, 5) is 31.3. The molecule has 0 bridgehead atoms. The van der Waals surface area contributed by atoms with E-state index in [0.717, 1.165) is 55.6 Å². The minimum atomic E-state index is -0.737. The van der Waals surface area contributed by atoms with E-state index in [-0.39, 0.29) is 40.5 Å². The molecule has 4 aliphatic carbocycles. The minimum absolute atomic E-state index is 0.0362. The van der Waals surface area contributed by atoms with Crippen molar-refractivity contribution in [2.24, 2.45) is 29.4 Å². The maximum Gasteiger partial charge on any atom is 0.252 e. The van der Waals surface area contributed by atoms with Crippen LogP contribution < -0.4 is 5.73 Å². The van der Waals surface area contributed by atoms with Crippen LogP contribution in [0.2, 0.25) is 0 Å². The van der Waals surface area contributed by atoms with E-state index in [1.807, 2.05) is 25.1 Å². The molecular weight excluding hydrogens is 518 g/mol. The molecule has 8 heteroatoms. The molecule has 1 aliphatic heterocycles. The Morgan fingerprint density at radius 3 is 2.44 bits per heavy atom. The molecule has 2 saturated carbocycles. The summed E-state index contributed by atoms with van der Waals surface area (Å²) in [6, 6.07) is 3.02. The Hall–Kier alpha value is -3.36. The maximum atomic E-state index is 14.4. The number of phenolic OH excluding ortho intramolecular Hbond substituents is 1. The second-order valence-electron chi connectivity index (χ2n) is 13.1. The number of carbonyl (C=O) groups is 2. The zero-order valence-corrected chi connectivity index (χ0v) is 24.4. The van der Waals surface area contributed by atoms with Crippen molar-refractivity contribution in [2.45, 2.75) is 52.0 Å². The minimum Gasteiger partial charge on any atom is -0.510 e. The first-order valence-corrected chi connectivity index (χ1v) is 14.8. The van der Waals surface area contributed by atoms with Crippen LogP contribution in [0, 0.1) is 23.7 Å². The van der Waals surface area contributed by atoms with Crippen molar-refractivity contribution in [3.8, 4) is 5.75 Å². The molecule has 3 unspecified atom stereocenters. The third kappa shape index (κ3) is 4.52. The fourth-order valence-electron chi connectivity index (χ4n) is 7.99. The smallest absolute Gasteiger partial charge is 0.252 e. The van der Waals surface area contributed by atoms with Crippen LogP contribution >= 0.6 is 0 Å². The highest BCUT2D eigenvalue weighted by atomic mass is 16.3. The van der Waals surface area contributed by atoms with E-state index in [0.29, 0.717) is 35.5 Å². The summed E-state index contributed by atoms with van der Waals surface area (Å²) in [7, 11) is 3.67. The summed E-state index contributed by atoms with van der Waals surface area (Å²) >= 11 is 0. The normalized spacial score (nSPS) is 28.1. The van der Waals surface area contributed by atoms with E-state index in [2.05, 4.69) is 24.8 Å². The number of aliphatic hydroxyl groups excluding tert-OH is 2. The highest BCUT2D eigenvalue weighted by Crippen LogP contribution is 2.55. The molecule has 218 valence electrons. The third-order valence-electron chi connectivity index (χ3n) is 9.64. The lowest BCUT2D eigenvalue weighted by atomic mass is 9.58. The topological polar surface area (TPSA) is 127 Å². The van der Waals surface area contributed by atoms with Crippen LogP contribution in [0.4, 0.5) is 0 Å². The van der Waals surface area contributed by atoms with Gasteiger partial charge in [-0.25, -0.2) is 0 Å². The molecular formula is C33H41N3O5. The van der Waals surface area contributed by atoms with Crippen molar-refractivity contribution < 1.29 is 24.9 Å². The van der Waals surface area contributed by atoms with Gasteiger partial charge in [-0.2, -0.15) is 0 Å². The van der Waals surface area contributed by atoms with Crippen LogP contribution in [0.3, 0.4) is 0 Å². The van der Waals surface area contributed by atoms with Gasteiger partial charge in [0.25, 0.3) is 5.91 Å². The summed E-state index contributed by atoms with van der Waals surface area (Å²) in [5.41, 5.74) is 11.1. The van der Waals surface area contributed by atoms with Crippen LogP contribution in [-0.4, -0.2) is 76.6 Å². The quantitative estimate of drug-likeness (QED) is 0.428. The third-order valence-corrected chi connectivity index (χ3v) is 9.64. The zero-order valence-electron chi connectivity index (χ0n) is 24.4. The zero-order chi connectivity index (χ0) is 29.3. The first-order valence-electron chi connectivity index (χ1n) is 14.8. The number of likely N-dealkylation sites (N-methyl/N-ethyl adjacent to an activating group) is 1. The van der Waals surface area contributed by atoms with E-state index < -0.39 is 17.9 Å². The number of carbonyl (C=O) groups excluding carboxylic acids is 2. The van der Waals surface area contributed by atoms with Crippen LogP contribution in [0.15, 0.2) is 46.3 Å². The molecule has 1 heterocycles. The molecule has 2 fully saturated rings. The number of aliphatic hydroxyl groups is 2. The number of rotatable bonds is 5. The molecule has 5 N–H and O–H groups in total. The Morgan fingerprint density at radius 2 is 1.85 bits per heavy atom. The van der Waals surface area contributed by atoms with E-state index in [9.17, 15) is 24.9 Å². The van der Waals surface area contributed by atoms with Crippen molar-refractivity contribution >= 4 is 23.0 Å². The monoisotopic (exact) mass is 559 g/mol. The maximum absolute atomic E-state index is 14.4. The number of ketones is 1. The van der Waals surface area contributed by atoms with Gasteiger partial charge in [-0.15, -0.1) is 0 Å². The van der Waals surface area contributed by atoms with Gasteiger partial charge in [-0.3, -0.25) is 19.4 Å². The predicted octanol–water partition coefficient (Wildman–Crippen LogP) is 4.12. The summed E-state index contributed by atoms with van der Waals surface area (Å²) in [6.45, 7) is 7.30. The lowest BCUT2D eigenvalue weighted by molar-refractivity contribution is -0.123. The van der Waals surface area contributed by atoms with Gasteiger partial charge < -0.3 is 21.1 Å². The van der Waals surface area contributed by atoms with Crippen molar-refractivity contribution in [3.05, 3.63) is 63.0 Å². The molecule has 41 heavy (non-hydrogen) atoms. The molecule has 0 aromatic heterocycles. The lowest BCUT2D eigenvalue weighted by Crippen LogP contribution is -2.52. The Labute approximate surface area is 241 Å². The number of hydrogen-bond donors (Lipinski definition) is 4. The molecule has 6 rings (SSSR count). The van der Waals surface area contributed by atoms with E-state index in [1.165, 1.54) is 5.57 Å². The number of nitrogens with zero attached hydrogens (tertiary/aromatic N) is 2. The van der Waals surface area contributed by atoms with E-state index in [4.69, 9.17) is 5.73 Å². The average molecular weight is 560 g/mol.